The number of sulfonamides is 1. The van der Waals surface area contributed by atoms with Crippen molar-refractivity contribution in [1.29, 1.82) is 0 Å². The molecule has 2 rings (SSSR count). The van der Waals surface area contributed by atoms with Crippen LogP contribution in [0.2, 0.25) is 0 Å². The minimum Gasteiger partial charge on any atom is -0.492 e. The van der Waals surface area contributed by atoms with E-state index in [-0.39, 0.29) is 10.1 Å². The molecule has 0 spiro atoms. The number of carbonyl (C=O) groups excluding carboxylic acids is 1. The number of ether oxygens (including phenoxy) is 1. The summed E-state index contributed by atoms with van der Waals surface area (Å²) in [4.78, 5) is 13.7. The lowest BCUT2D eigenvalue weighted by atomic mass is 10.2. The topological polar surface area (TPSA) is 89.7 Å². The standard InChI is InChI=1S/C15H18N2O4S2/c1-11-3-5-13(6-4-11)21-8-7-17(2)15(18)12-9-14(22-10-12)23(16,19)20/h3-6,9-10H,7-8H2,1-2H3,(H2,16,19,20). The second-order valence-corrected chi connectivity index (χ2v) is 7.79. The smallest absolute Gasteiger partial charge is 0.254 e. The van der Waals surface area contributed by atoms with Crippen LogP contribution in [-0.2, 0) is 10.0 Å². The van der Waals surface area contributed by atoms with Crippen molar-refractivity contribution in [2.45, 2.75) is 11.1 Å². The fourth-order valence-electron chi connectivity index (χ4n) is 1.83. The lowest BCUT2D eigenvalue weighted by molar-refractivity contribution is 0.0774. The molecule has 1 aromatic heterocycles. The molecule has 0 fully saturated rings. The number of nitrogens with zero attached hydrogens (tertiary/aromatic N) is 1. The highest BCUT2D eigenvalue weighted by molar-refractivity contribution is 7.91. The van der Waals surface area contributed by atoms with Crippen LogP contribution in [0.5, 0.6) is 5.75 Å². The molecular formula is C15H18N2O4S2. The van der Waals surface area contributed by atoms with Gasteiger partial charge in [0.2, 0.25) is 10.0 Å². The maximum Gasteiger partial charge on any atom is 0.254 e. The van der Waals surface area contributed by atoms with Crippen LogP contribution < -0.4 is 9.88 Å². The first-order valence-corrected chi connectivity index (χ1v) is 9.26. The average Bonchev–Trinajstić information content (AvgIpc) is 2.98. The van der Waals surface area contributed by atoms with Gasteiger partial charge in [0.05, 0.1) is 12.1 Å². The van der Waals surface area contributed by atoms with E-state index in [1.165, 1.54) is 16.3 Å². The Morgan fingerprint density at radius 2 is 1.96 bits per heavy atom. The number of aryl methyl sites for hydroxylation is 1. The van der Waals surface area contributed by atoms with Gasteiger partial charge in [0.1, 0.15) is 16.6 Å². The average molecular weight is 354 g/mol. The molecule has 1 amide bonds. The van der Waals surface area contributed by atoms with E-state index < -0.39 is 10.0 Å². The molecule has 0 aliphatic rings. The summed E-state index contributed by atoms with van der Waals surface area (Å²) in [5, 5.41) is 6.52. The fourth-order valence-corrected chi connectivity index (χ4v) is 3.41. The van der Waals surface area contributed by atoms with Gasteiger partial charge in [-0.2, -0.15) is 0 Å². The summed E-state index contributed by atoms with van der Waals surface area (Å²) in [6, 6.07) is 8.93. The Kier molecular flexibility index (Phi) is 5.40. The number of carbonyl (C=O) groups is 1. The first-order valence-electron chi connectivity index (χ1n) is 6.83. The summed E-state index contributed by atoms with van der Waals surface area (Å²) in [6.07, 6.45) is 0. The minimum atomic E-state index is -3.77. The van der Waals surface area contributed by atoms with Gasteiger partial charge in [0, 0.05) is 12.4 Å². The predicted molar refractivity (Wildman–Crippen MR) is 89.3 cm³/mol. The summed E-state index contributed by atoms with van der Waals surface area (Å²) in [5.41, 5.74) is 1.45. The molecule has 8 heteroatoms. The van der Waals surface area contributed by atoms with Crippen molar-refractivity contribution < 1.29 is 17.9 Å². The lowest BCUT2D eigenvalue weighted by Gasteiger charge is -2.16. The van der Waals surface area contributed by atoms with Crippen molar-refractivity contribution in [3.05, 3.63) is 46.8 Å². The molecule has 23 heavy (non-hydrogen) atoms. The van der Waals surface area contributed by atoms with Crippen LogP contribution in [0.25, 0.3) is 0 Å². The third-order valence-corrected chi connectivity index (χ3v) is 5.55. The molecule has 6 nitrogen and oxygen atoms in total. The number of benzene rings is 1. The Balaban J connectivity index is 1.90. The molecule has 0 atom stereocenters. The maximum atomic E-state index is 12.2. The van der Waals surface area contributed by atoms with E-state index in [2.05, 4.69) is 0 Å². The largest absolute Gasteiger partial charge is 0.492 e. The van der Waals surface area contributed by atoms with E-state index in [0.29, 0.717) is 18.7 Å². The zero-order chi connectivity index (χ0) is 17.0. The van der Waals surface area contributed by atoms with Crippen molar-refractivity contribution in [1.82, 2.24) is 4.90 Å². The quantitative estimate of drug-likeness (QED) is 0.857. The van der Waals surface area contributed by atoms with Crippen molar-refractivity contribution in [2.24, 2.45) is 5.14 Å². The Hall–Kier alpha value is -1.90. The van der Waals surface area contributed by atoms with E-state index in [4.69, 9.17) is 9.88 Å². The van der Waals surface area contributed by atoms with E-state index in [1.807, 2.05) is 31.2 Å². The van der Waals surface area contributed by atoms with Gasteiger partial charge in [-0.3, -0.25) is 4.79 Å². The molecule has 0 saturated heterocycles. The third-order valence-electron chi connectivity index (χ3n) is 3.17. The lowest BCUT2D eigenvalue weighted by Crippen LogP contribution is -2.30. The first kappa shape index (κ1) is 17.5. The Bertz CT molecular complexity index is 782. The van der Waals surface area contributed by atoms with Crippen molar-refractivity contribution in [3.8, 4) is 5.75 Å². The fraction of sp³-hybridized carbons (Fsp3) is 0.267. The molecule has 1 heterocycles. The molecule has 2 aromatic rings. The Morgan fingerprint density at radius 1 is 1.30 bits per heavy atom. The van der Waals surface area contributed by atoms with Crippen LogP contribution in [0.1, 0.15) is 15.9 Å². The van der Waals surface area contributed by atoms with Gasteiger partial charge in [-0.05, 0) is 25.1 Å². The molecule has 0 aliphatic carbocycles. The summed E-state index contributed by atoms with van der Waals surface area (Å²) in [6.45, 7) is 2.72. The SMILES string of the molecule is Cc1ccc(OCCN(C)C(=O)c2csc(S(N)(=O)=O)c2)cc1. The van der Waals surface area contributed by atoms with E-state index in [0.717, 1.165) is 22.6 Å². The van der Waals surface area contributed by atoms with E-state index in [1.54, 1.807) is 7.05 Å². The van der Waals surface area contributed by atoms with Crippen LogP contribution in [0.4, 0.5) is 0 Å². The molecule has 0 bridgehead atoms. The van der Waals surface area contributed by atoms with Gasteiger partial charge < -0.3 is 9.64 Å². The number of hydrogen-bond acceptors (Lipinski definition) is 5. The highest BCUT2D eigenvalue weighted by Crippen LogP contribution is 2.20. The van der Waals surface area contributed by atoms with Gasteiger partial charge in [-0.15, -0.1) is 11.3 Å². The molecule has 0 radical (unpaired) electrons. The summed E-state index contributed by atoms with van der Waals surface area (Å²) in [7, 11) is -2.14. The van der Waals surface area contributed by atoms with E-state index >= 15 is 0 Å². The molecule has 124 valence electrons. The number of primary sulfonamides is 1. The number of thiophene rings is 1. The number of nitrogens with two attached hydrogens (primary N) is 1. The van der Waals surface area contributed by atoms with Gasteiger partial charge in [-0.1, -0.05) is 17.7 Å². The van der Waals surface area contributed by atoms with Gasteiger partial charge >= 0.3 is 0 Å². The van der Waals surface area contributed by atoms with Crippen LogP contribution in [-0.4, -0.2) is 39.4 Å². The summed E-state index contributed by atoms with van der Waals surface area (Å²) in [5.74, 6) is 0.465. The molecule has 0 saturated carbocycles. The Labute approximate surface area is 139 Å². The molecule has 0 unspecified atom stereocenters. The normalized spacial score (nSPS) is 11.3. The van der Waals surface area contributed by atoms with Crippen LogP contribution in [0.15, 0.2) is 39.9 Å². The van der Waals surface area contributed by atoms with Gasteiger partial charge in [0.15, 0.2) is 0 Å². The highest BCUT2D eigenvalue weighted by Gasteiger charge is 2.17. The minimum absolute atomic E-state index is 0.0230. The second-order valence-electron chi connectivity index (χ2n) is 5.09. The molecule has 1 aromatic carbocycles. The molecule has 2 N–H and O–H groups in total. The van der Waals surface area contributed by atoms with E-state index in [9.17, 15) is 13.2 Å². The highest BCUT2D eigenvalue weighted by atomic mass is 32.2. The van der Waals surface area contributed by atoms with Crippen molar-refractivity contribution >= 4 is 27.3 Å². The number of amides is 1. The first-order chi connectivity index (χ1) is 10.8. The monoisotopic (exact) mass is 354 g/mol. The van der Waals surface area contributed by atoms with Crippen LogP contribution in [0, 0.1) is 6.92 Å². The maximum absolute atomic E-state index is 12.2. The van der Waals surface area contributed by atoms with Crippen LogP contribution in [0.3, 0.4) is 0 Å². The molecular weight excluding hydrogens is 336 g/mol. The predicted octanol–water partition coefficient (Wildman–Crippen LogP) is 1.85. The van der Waals surface area contributed by atoms with Crippen LogP contribution >= 0.6 is 11.3 Å². The number of likely N-dealkylation sites (N-methyl/N-ethyl adjacent to an activating group) is 1. The third kappa shape index (κ3) is 4.78. The van der Waals surface area contributed by atoms with Gasteiger partial charge in [0.25, 0.3) is 5.91 Å². The van der Waals surface area contributed by atoms with Gasteiger partial charge in [-0.25, -0.2) is 13.6 Å². The zero-order valence-corrected chi connectivity index (χ0v) is 14.5. The zero-order valence-electron chi connectivity index (χ0n) is 12.9. The number of hydrogen-bond donors (Lipinski definition) is 1. The summed E-state index contributed by atoms with van der Waals surface area (Å²) >= 11 is 0.933. The number of rotatable bonds is 6. The molecule has 0 aliphatic heterocycles. The second kappa shape index (κ2) is 7.12. The van der Waals surface area contributed by atoms with Crippen molar-refractivity contribution in [2.75, 3.05) is 20.2 Å². The Morgan fingerprint density at radius 3 is 2.52 bits per heavy atom. The summed E-state index contributed by atoms with van der Waals surface area (Å²) < 4.78 is 28.0. The van der Waals surface area contributed by atoms with Crippen molar-refractivity contribution in [3.63, 3.8) is 0 Å².